The molecule has 0 radical (unpaired) electrons. The monoisotopic (exact) mass is 320 g/mol. The molecule has 2 aromatic rings. The van der Waals surface area contributed by atoms with E-state index in [1.54, 1.807) is 24.3 Å². The average molecular weight is 321 g/mol. The number of fused-ring (bicyclic) bond motifs is 1. The molecule has 0 saturated heterocycles. The Morgan fingerprint density at radius 1 is 1.27 bits per heavy atom. The van der Waals surface area contributed by atoms with Crippen molar-refractivity contribution in [3.05, 3.63) is 41.0 Å². The average Bonchev–Trinajstić information content (AvgIpc) is 2.55. The van der Waals surface area contributed by atoms with E-state index >= 15 is 0 Å². The fourth-order valence-electron chi connectivity index (χ4n) is 1.99. The summed E-state index contributed by atoms with van der Waals surface area (Å²) in [5, 5.41) is 3.10. The Hall–Kier alpha value is -2.47. The molecular formula is C15H13ClN2O4. The second-order valence-electron chi connectivity index (χ2n) is 4.52. The summed E-state index contributed by atoms with van der Waals surface area (Å²) in [5.74, 6) is 1.24. The van der Waals surface area contributed by atoms with Crippen LogP contribution in [0.25, 0.3) is 0 Å². The molecule has 1 aliphatic heterocycles. The summed E-state index contributed by atoms with van der Waals surface area (Å²) < 4.78 is 15.9. The Labute approximate surface area is 132 Å². The standard InChI is InChI=1S/C15H13ClN2O4/c1-20-14-3-2-9(8-17-14)15(19)18-11-7-13-12(6-10(11)16)21-4-5-22-13/h2-3,6-8H,4-5H2,1H3,(H,18,19). The molecule has 22 heavy (non-hydrogen) atoms. The van der Waals surface area contributed by atoms with E-state index in [1.165, 1.54) is 13.3 Å². The summed E-state index contributed by atoms with van der Waals surface area (Å²) in [6.45, 7) is 0.941. The molecule has 1 aromatic heterocycles. The van der Waals surface area contributed by atoms with E-state index in [0.717, 1.165) is 0 Å². The van der Waals surface area contributed by atoms with Crippen LogP contribution in [0.4, 0.5) is 5.69 Å². The molecule has 2 heterocycles. The number of amides is 1. The number of aromatic nitrogens is 1. The fourth-order valence-corrected chi connectivity index (χ4v) is 2.19. The molecule has 0 atom stereocenters. The molecular weight excluding hydrogens is 308 g/mol. The third-order valence-corrected chi connectivity index (χ3v) is 3.40. The zero-order valence-corrected chi connectivity index (χ0v) is 12.5. The molecule has 3 rings (SSSR count). The minimum absolute atomic E-state index is 0.325. The molecule has 0 bridgehead atoms. The van der Waals surface area contributed by atoms with E-state index in [9.17, 15) is 4.79 Å². The first-order valence-corrected chi connectivity index (χ1v) is 6.95. The first-order chi connectivity index (χ1) is 10.7. The van der Waals surface area contributed by atoms with Crippen LogP contribution < -0.4 is 19.5 Å². The van der Waals surface area contributed by atoms with Crippen LogP contribution in [0.2, 0.25) is 5.02 Å². The van der Waals surface area contributed by atoms with Crippen LogP contribution in [0, 0.1) is 0 Å². The maximum absolute atomic E-state index is 12.2. The van der Waals surface area contributed by atoms with Crippen molar-refractivity contribution >= 4 is 23.2 Å². The third kappa shape index (κ3) is 2.92. The van der Waals surface area contributed by atoms with Crippen molar-refractivity contribution in [2.24, 2.45) is 0 Å². The van der Waals surface area contributed by atoms with Gasteiger partial charge in [-0.2, -0.15) is 0 Å². The van der Waals surface area contributed by atoms with Gasteiger partial charge in [0.2, 0.25) is 5.88 Å². The number of carbonyl (C=O) groups excluding carboxylic acids is 1. The highest BCUT2D eigenvalue weighted by atomic mass is 35.5. The molecule has 1 aromatic carbocycles. The third-order valence-electron chi connectivity index (χ3n) is 3.09. The minimum Gasteiger partial charge on any atom is -0.486 e. The van der Waals surface area contributed by atoms with Gasteiger partial charge in [-0.05, 0) is 6.07 Å². The number of rotatable bonds is 3. The lowest BCUT2D eigenvalue weighted by molar-refractivity contribution is 0.102. The van der Waals surface area contributed by atoms with Gasteiger partial charge in [-0.1, -0.05) is 11.6 Å². The maximum atomic E-state index is 12.2. The van der Waals surface area contributed by atoms with E-state index in [1.807, 2.05) is 0 Å². The van der Waals surface area contributed by atoms with Gasteiger partial charge in [-0.15, -0.1) is 0 Å². The highest BCUT2D eigenvalue weighted by molar-refractivity contribution is 6.34. The number of hydrogen-bond donors (Lipinski definition) is 1. The van der Waals surface area contributed by atoms with Gasteiger partial charge in [-0.3, -0.25) is 4.79 Å². The summed E-state index contributed by atoms with van der Waals surface area (Å²) in [6, 6.07) is 6.50. The first kappa shape index (κ1) is 14.5. The van der Waals surface area contributed by atoms with Gasteiger partial charge in [0.25, 0.3) is 5.91 Å². The minimum atomic E-state index is -0.325. The SMILES string of the molecule is COc1ccc(C(=O)Nc2cc3c(cc2Cl)OCCO3)cn1. The second-order valence-corrected chi connectivity index (χ2v) is 4.93. The second kappa shape index (κ2) is 6.11. The van der Waals surface area contributed by atoms with E-state index < -0.39 is 0 Å². The van der Waals surface area contributed by atoms with Crippen molar-refractivity contribution < 1.29 is 19.0 Å². The summed E-state index contributed by atoms with van der Waals surface area (Å²) in [7, 11) is 1.51. The van der Waals surface area contributed by atoms with Crippen LogP contribution >= 0.6 is 11.6 Å². The molecule has 0 saturated carbocycles. The van der Waals surface area contributed by atoms with Crippen LogP contribution in [0.5, 0.6) is 17.4 Å². The van der Waals surface area contributed by atoms with Gasteiger partial charge in [0, 0.05) is 24.4 Å². The number of methoxy groups -OCH3 is 1. The van der Waals surface area contributed by atoms with Crippen LogP contribution in [0.3, 0.4) is 0 Å². The molecule has 0 unspecified atom stereocenters. The van der Waals surface area contributed by atoms with Gasteiger partial charge in [0.05, 0.1) is 23.4 Å². The van der Waals surface area contributed by atoms with Crippen molar-refractivity contribution in [1.82, 2.24) is 4.98 Å². The summed E-state index contributed by atoms with van der Waals surface area (Å²) >= 11 is 6.15. The van der Waals surface area contributed by atoms with E-state index in [4.69, 9.17) is 25.8 Å². The maximum Gasteiger partial charge on any atom is 0.257 e. The zero-order valence-electron chi connectivity index (χ0n) is 11.8. The van der Waals surface area contributed by atoms with E-state index in [2.05, 4.69) is 10.3 Å². The number of ether oxygens (including phenoxy) is 3. The number of anilines is 1. The zero-order chi connectivity index (χ0) is 15.5. The van der Waals surface area contributed by atoms with Gasteiger partial charge < -0.3 is 19.5 Å². The number of benzene rings is 1. The normalized spacial score (nSPS) is 12.6. The highest BCUT2D eigenvalue weighted by Gasteiger charge is 2.17. The fraction of sp³-hybridized carbons (Fsp3) is 0.200. The summed E-state index contributed by atoms with van der Waals surface area (Å²) in [5.41, 5.74) is 0.846. The molecule has 0 spiro atoms. The Morgan fingerprint density at radius 3 is 2.64 bits per heavy atom. The van der Waals surface area contributed by atoms with Gasteiger partial charge in [-0.25, -0.2) is 4.98 Å². The smallest absolute Gasteiger partial charge is 0.257 e. The van der Waals surface area contributed by atoms with Gasteiger partial charge >= 0.3 is 0 Å². The summed E-state index contributed by atoms with van der Waals surface area (Å²) in [4.78, 5) is 16.2. The lowest BCUT2D eigenvalue weighted by Crippen LogP contribution is -2.17. The molecule has 0 aliphatic carbocycles. The number of halogens is 1. The van der Waals surface area contributed by atoms with E-state index in [-0.39, 0.29) is 5.91 Å². The Morgan fingerprint density at radius 2 is 2.00 bits per heavy atom. The van der Waals surface area contributed by atoms with Crippen LogP contribution in [-0.4, -0.2) is 31.2 Å². The number of nitrogens with one attached hydrogen (secondary N) is 1. The topological polar surface area (TPSA) is 69.7 Å². The van der Waals surface area contributed by atoms with Crippen molar-refractivity contribution in [1.29, 1.82) is 0 Å². The van der Waals surface area contributed by atoms with Crippen LogP contribution in [0.15, 0.2) is 30.5 Å². The summed E-state index contributed by atoms with van der Waals surface area (Å²) in [6.07, 6.45) is 1.43. The number of carbonyl (C=O) groups is 1. The number of nitrogens with zero attached hydrogens (tertiary/aromatic N) is 1. The Balaban J connectivity index is 1.81. The van der Waals surface area contributed by atoms with Crippen molar-refractivity contribution in [2.45, 2.75) is 0 Å². The lowest BCUT2D eigenvalue weighted by Gasteiger charge is -2.20. The lowest BCUT2D eigenvalue weighted by atomic mass is 10.2. The van der Waals surface area contributed by atoms with Crippen LogP contribution in [-0.2, 0) is 0 Å². The van der Waals surface area contributed by atoms with Crippen molar-refractivity contribution in [2.75, 3.05) is 25.6 Å². The quantitative estimate of drug-likeness (QED) is 0.941. The molecule has 114 valence electrons. The van der Waals surface area contributed by atoms with Crippen LogP contribution in [0.1, 0.15) is 10.4 Å². The Kier molecular flexibility index (Phi) is 4.02. The predicted octanol–water partition coefficient (Wildman–Crippen LogP) is 2.77. The molecule has 0 fully saturated rings. The number of pyridine rings is 1. The van der Waals surface area contributed by atoms with Gasteiger partial charge in [0.1, 0.15) is 13.2 Å². The molecule has 1 N–H and O–H groups in total. The van der Waals surface area contributed by atoms with Gasteiger partial charge in [0.15, 0.2) is 11.5 Å². The molecule has 6 nitrogen and oxygen atoms in total. The first-order valence-electron chi connectivity index (χ1n) is 6.58. The van der Waals surface area contributed by atoms with E-state index in [0.29, 0.717) is 46.9 Å². The highest BCUT2D eigenvalue weighted by Crippen LogP contribution is 2.38. The molecule has 1 aliphatic rings. The van der Waals surface area contributed by atoms with Crippen molar-refractivity contribution in [3.8, 4) is 17.4 Å². The van der Waals surface area contributed by atoms with Crippen molar-refractivity contribution in [3.63, 3.8) is 0 Å². The largest absolute Gasteiger partial charge is 0.486 e. The molecule has 1 amide bonds. The predicted molar refractivity (Wildman–Crippen MR) is 81.2 cm³/mol. The molecule has 7 heteroatoms. The number of hydrogen-bond acceptors (Lipinski definition) is 5. The Bertz CT molecular complexity index is 703.